The smallest absolute Gasteiger partial charge is 0.234 e. The van der Waals surface area contributed by atoms with Crippen LogP contribution in [0.2, 0.25) is 0 Å². The first-order valence-electron chi connectivity index (χ1n) is 8.38. The number of carbonyl (C=O) groups excluding carboxylic acids is 1. The van der Waals surface area contributed by atoms with Gasteiger partial charge in [0.25, 0.3) is 0 Å². The normalized spacial score (nSPS) is 18.7. The molecule has 0 fully saturated rings. The van der Waals surface area contributed by atoms with Crippen molar-refractivity contribution in [1.29, 1.82) is 0 Å². The van der Waals surface area contributed by atoms with Crippen molar-refractivity contribution in [2.24, 2.45) is 7.05 Å². The standard InChI is InChI=1S/C17H26N4O/c1-20-13-19-15-11-21(10-8-16(15)20)12-17(22)18-9-7-14-5-3-2-4-6-14/h5,13H,2-4,6-12H2,1H3,(H,18,22). The molecular weight excluding hydrogens is 276 g/mol. The minimum Gasteiger partial charge on any atom is -0.355 e. The topological polar surface area (TPSA) is 50.2 Å². The van der Waals surface area contributed by atoms with E-state index in [1.165, 1.54) is 37.0 Å². The number of rotatable bonds is 5. The van der Waals surface area contributed by atoms with Gasteiger partial charge in [-0.2, -0.15) is 0 Å². The summed E-state index contributed by atoms with van der Waals surface area (Å²) in [6, 6.07) is 0. The highest BCUT2D eigenvalue weighted by atomic mass is 16.2. The van der Waals surface area contributed by atoms with Crippen LogP contribution >= 0.6 is 0 Å². The fourth-order valence-electron chi connectivity index (χ4n) is 3.40. The molecule has 0 saturated carbocycles. The van der Waals surface area contributed by atoms with Gasteiger partial charge in [-0.05, 0) is 32.1 Å². The first-order valence-corrected chi connectivity index (χ1v) is 8.38. The SMILES string of the molecule is Cn1cnc2c1CCN(CC(=O)NCCC1=CCCCC1)C2. The van der Waals surface area contributed by atoms with E-state index in [2.05, 4.69) is 25.8 Å². The van der Waals surface area contributed by atoms with Crippen molar-refractivity contribution >= 4 is 5.91 Å². The van der Waals surface area contributed by atoms with Gasteiger partial charge in [0.2, 0.25) is 5.91 Å². The molecule has 120 valence electrons. The number of fused-ring (bicyclic) bond motifs is 1. The molecule has 22 heavy (non-hydrogen) atoms. The summed E-state index contributed by atoms with van der Waals surface area (Å²) >= 11 is 0. The Hall–Kier alpha value is -1.62. The molecule has 1 amide bonds. The zero-order valence-corrected chi connectivity index (χ0v) is 13.5. The summed E-state index contributed by atoms with van der Waals surface area (Å²) in [5, 5.41) is 3.06. The van der Waals surface area contributed by atoms with Gasteiger partial charge in [-0.25, -0.2) is 4.98 Å². The Bertz CT molecular complexity index is 561. The molecule has 0 aromatic carbocycles. The van der Waals surface area contributed by atoms with Crippen LogP contribution in [0.3, 0.4) is 0 Å². The van der Waals surface area contributed by atoms with Gasteiger partial charge in [-0.3, -0.25) is 9.69 Å². The van der Waals surface area contributed by atoms with Crippen LogP contribution < -0.4 is 5.32 Å². The van der Waals surface area contributed by atoms with Crippen LogP contribution in [0.5, 0.6) is 0 Å². The molecular formula is C17H26N4O. The molecule has 0 unspecified atom stereocenters. The van der Waals surface area contributed by atoms with Crippen molar-refractivity contribution in [2.45, 2.75) is 45.1 Å². The van der Waals surface area contributed by atoms with Crippen LogP contribution in [-0.4, -0.2) is 40.0 Å². The van der Waals surface area contributed by atoms with E-state index in [-0.39, 0.29) is 5.91 Å². The largest absolute Gasteiger partial charge is 0.355 e. The molecule has 0 atom stereocenters. The van der Waals surface area contributed by atoms with E-state index in [1.54, 1.807) is 0 Å². The second kappa shape index (κ2) is 7.09. The fraction of sp³-hybridized carbons (Fsp3) is 0.647. The predicted molar refractivity (Wildman–Crippen MR) is 86.4 cm³/mol. The minimum atomic E-state index is 0.135. The Kier molecular flexibility index (Phi) is 4.93. The monoisotopic (exact) mass is 302 g/mol. The molecule has 0 spiro atoms. The summed E-state index contributed by atoms with van der Waals surface area (Å²) < 4.78 is 2.09. The average molecular weight is 302 g/mol. The molecule has 5 nitrogen and oxygen atoms in total. The Morgan fingerprint density at radius 3 is 3.09 bits per heavy atom. The molecule has 1 aromatic heterocycles. The molecule has 0 bridgehead atoms. The van der Waals surface area contributed by atoms with Crippen molar-refractivity contribution < 1.29 is 4.79 Å². The highest BCUT2D eigenvalue weighted by Gasteiger charge is 2.21. The number of amides is 1. The lowest BCUT2D eigenvalue weighted by Gasteiger charge is -2.26. The van der Waals surface area contributed by atoms with Crippen LogP contribution in [0.25, 0.3) is 0 Å². The Morgan fingerprint density at radius 2 is 2.27 bits per heavy atom. The third kappa shape index (κ3) is 3.77. The van der Waals surface area contributed by atoms with Crippen molar-refractivity contribution in [3.05, 3.63) is 29.4 Å². The van der Waals surface area contributed by atoms with E-state index < -0.39 is 0 Å². The first kappa shape index (κ1) is 15.3. The summed E-state index contributed by atoms with van der Waals surface area (Å²) in [7, 11) is 2.04. The Balaban J connectivity index is 1.40. The molecule has 1 N–H and O–H groups in total. The van der Waals surface area contributed by atoms with E-state index in [1.807, 2.05) is 13.4 Å². The maximum atomic E-state index is 12.1. The molecule has 1 aliphatic carbocycles. The number of aryl methyl sites for hydroxylation is 1. The van der Waals surface area contributed by atoms with E-state index in [0.717, 1.165) is 38.2 Å². The number of aromatic nitrogens is 2. The van der Waals surface area contributed by atoms with Gasteiger partial charge < -0.3 is 9.88 Å². The summed E-state index contributed by atoms with van der Waals surface area (Å²) in [6.07, 6.45) is 11.3. The van der Waals surface area contributed by atoms with E-state index in [9.17, 15) is 4.79 Å². The molecule has 5 heteroatoms. The zero-order valence-electron chi connectivity index (χ0n) is 13.5. The van der Waals surface area contributed by atoms with Gasteiger partial charge in [0, 0.05) is 38.8 Å². The Morgan fingerprint density at radius 1 is 1.36 bits per heavy atom. The van der Waals surface area contributed by atoms with Crippen LogP contribution in [0.4, 0.5) is 0 Å². The van der Waals surface area contributed by atoms with Crippen molar-refractivity contribution in [2.75, 3.05) is 19.6 Å². The molecule has 1 aromatic rings. The van der Waals surface area contributed by atoms with Gasteiger partial charge >= 0.3 is 0 Å². The van der Waals surface area contributed by atoms with E-state index >= 15 is 0 Å². The Labute approximate surface area is 132 Å². The van der Waals surface area contributed by atoms with E-state index in [4.69, 9.17) is 0 Å². The van der Waals surface area contributed by atoms with E-state index in [0.29, 0.717) is 6.54 Å². The zero-order chi connectivity index (χ0) is 15.4. The molecule has 0 radical (unpaired) electrons. The lowest BCUT2D eigenvalue weighted by Crippen LogP contribution is -2.40. The van der Waals surface area contributed by atoms with Gasteiger partial charge in [-0.15, -0.1) is 0 Å². The molecule has 1 aliphatic heterocycles. The molecule has 2 aliphatic rings. The number of nitrogens with zero attached hydrogens (tertiary/aromatic N) is 3. The van der Waals surface area contributed by atoms with Crippen molar-refractivity contribution in [1.82, 2.24) is 19.8 Å². The van der Waals surface area contributed by atoms with Crippen LogP contribution in [0, 0.1) is 0 Å². The second-order valence-corrected chi connectivity index (χ2v) is 6.42. The summed E-state index contributed by atoms with van der Waals surface area (Å²) in [5.74, 6) is 0.135. The number of nitrogens with one attached hydrogen (secondary N) is 1. The second-order valence-electron chi connectivity index (χ2n) is 6.42. The van der Waals surface area contributed by atoms with Gasteiger partial charge in [0.15, 0.2) is 0 Å². The average Bonchev–Trinajstić information content (AvgIpc) is 2.89. The highest BCUT2D eigenvalue weighted by Crippen LogP contribution is 2.19. The van der Waals surface area contributed by atoms with Gasteiger partial charge in [0.05, 0.1) is 18.6 Å². The third-order valence-corrected chi connectivity index (χ3v) is 4.70. The lowest BCUT2D eigenvalue weighted by molar-refractivity contribution is -0.122. The maximum Gasteiger partial charge on any atom is 0.234 e. The number of imidazole rings is 1. The first-order chi connectivity index (χ1) is 10.7. The summed E-state index contributed by atoms with van der Waals surface area (Å²) in [5.41, 5.74) is 3.94. The molecule has 2 heterocycles. The van der Waals surface area contributed by atoms with Crippen LogP contribution in [0.1, 0.15) is 43.5 Å². The van der Waals surface area contributed by atoms with Crippen LogP contribution in [0.15, 0.2) is 18.0 Å². The van der Waals surface area contributed by atoms with Crippen molar-refractivity contribution in [3.63, 3.8) is 0 Å². The fourth-order valence-corrected chi connectivity index (χ4v) is 3.40. The molecule has 0 saturated heterocycles. The van der Waals surface area contributed by atoms with Crippen LogP contribution in [-0.2, 0) is 24.8 Å². The minimum absolute atomic E-state index is 0.135. The lowest BCUT2D eigenvalue weighted by atomic mass is 9.97. The van der Waals surface area contributed by atoms with Gasteiger partial charge in [0.1, 0.15) is 0 Å². The van der Waals surface area contributed by atoms with Gasteiger partial charge in [-0.1, -0.05) is 11.6 Å². The van der Waals surface area contributed by atoms with Crippen molar-refractivity contribution in [3.8, 4) is 0 Å². The predicted octanol–water partition coefficient (Wildman–Crippen LogP) is 1.78. The number of carbonyl (C=O) groups is 1. The number of allylic oxidation sites excluding steroid dienone is 1. The number of hydrogen-bond acceptors (Lipinski definition) is 3. The maximum absolute atomic E-state index is 12.1. The summed E-state index contributed by atoms with van der Waals surface area (Å²) in [4.78, 5) is 18.7. The number of hydrogen-bond donors (Lipinski definition) is 1. The third-order valence-electron chi connectivity index (χ3n) is 4.70. The quantitative estimate of drug-likeness (QED) is 0.844. The summed E-state index contributed by atoms with van der Waals surface area (Å²) in [6.45, 7) is 2.97. The molecule has 3 rings (SSSR count). The highest BCUT2D eigenvalue weighted by molar-refractivity contribution is 5.78.